The van der Waals surface area contributed by atoms with Crippen LogP contribution in [0.1, 0.15) is 6.23 Å². The lowest BCUT2D eigenvalue weighted by molar-refractivity contribution is -0.0516. The highest BCUT2D eigenvalue weighted by molar-refractivity contribution is 7.47. The average molecular weight is 391 g/mol. The molecule has 0 bridgehead atoms. The Labute approximate surface area is 146 Å². The zero-order chi connectivity index (χ0) is 18.9. The van der Waals surface area contributed by atoms with Crippen molar-refractivity contribution < 1.29 is 38.6 Å². The first-order valence-corrected chi connectivity index (χ1v) is 9.01. The Bertz CT molecular complexity index is 818. The largest absolute Gasteiger partial charge is 0.472 e. The number of rotatable bonds is 7. The van der Waals surface area contributed by atoms with Crippen LogP contribution >= 0.6 is 7.82 Å². The molecule has 1 aliphatic heterocycles. The van der Waals surface area contributed by atoms with Gasteiger partial charge in [0.2, 0.25) is 0 Å². The molecule has 144 valence electrons. The van der Waals surface area contributed by atoms with Gasteiger partial charge in [0.15, 0.2) is 17.7 Å². The van der Waals surface area contributed by atoms with E-state index in [1.807, 2.05) is 0 Å². The highest BCUT2D eigenvalue weighted by Crippen LogP contribution is 2.44. The Morgan fingerprint density at radius 2 is 2.04 bits per heavy atom. The number of anilines is 1. The van der Waals surface area contributed by atoms with Gasteiger partial charge in [0, 0.05) is 0 Å². The molecule has 2 aromatic rings. The highest BCUT2D eigenvalue weighted by Gasteiger charge is 2.45. The molecule has 1 fully saturated rings. The molecule has 26 heavy (non-hydrogen) atoms. The summed E-state index contributed by atoms with van der Waals surface area (Å²) in [5, 5.41) is 29.0. The summed E-state index contributed by atoms with van der Waals surface area (Å²) >= 11 is 0. The molecule has 5 atom stereocenters. The number of phosphoric acid groups is 1. The van der Waals surface area contributed by atoms with Gasteiger partial charge in [0.25, 0.3) is 0 Å². The lowest BCUT2D eigenvalue weighted by atomic mass is 10.1. The van der Waals surface area contributed by atoms with Gasteiger partial charge in [0.1, 0.15) is 30.2 Å². The van der Waals surface area contributed by atoms with Crippen LogP contribution in [0, 0.1) is 0 Å². The molecule has 0 spiro atoms. The Hall–Kier alpha value is -1.70. The van der Waals surface area contributed by atoms with Gasteiger partial charge in [0.05, 0.1) is 26.1 Å². The van der Waals surface area contributed by atoms with E-state index in [2.05, 4.69) is 19.5 Å². The molecule has 0 saturated carbocycles. The van der Waals surface area contributed by atoms with Crippen molar-refractivity contribution >= 4 is 24.8 Å². The van der Waals surface area contributed by atoms with Crippen molar-refractivity contribution in [2.24, 2.45) is 0 Å². The van der Waals surface area contributed by atoms with Gasteiger partial charge >= 0.3 is 7.82 Å². The first-order chi connectivity index (χ1) is 12.3. The van der Waals surface area contributed by atoms with Gasteiger partial charge in [-0.3, -0.25) is 13.6 Å². The maximum atomic E-state index is 11.6. The lowest BCUT2D eigenvalue weighted by Crippen LogP contribution is -2.33. The molecule has 1 saturated heterocycles. The topological polar surface area (TPSA) is 195 Å². The maximum Gasteiger partial charge on any atom is 0.472 e. The SMILES string of the molecule is Nc1ncnc2c1ncn2[C@@H]1O[C@H](COP(=O)(O)OCCO)[C@@H](O)[C@H]1O. The summed E-state index contributed by atoms with van der Waals surface area (Å²) in [5.74, 6) is 0.143. The van der Waals surface area contributed by atoms with E-state index in [1.54, 1.807) is 0 Å². The number of phosphoric ester groups is 1. The summed E-state index contributed by atoms with van der Waals surface area (Å²) in [6.07, 6.45) is -2.45. The fourth-order valence-corrected chi connectivity index (χ4v) is 3.24. The molecule has 6 N–H and O–H groups in total. The fourth-order valence-electron chi connectivity index (χ4n) is 2.51. The van der Waals surface area contributed by atoms with Crippen molar-refractivity contribution in [3.63, 3.8) is 0 Å². The number of nitrogens with two attached hydrogens (primary N) is 1. The smallest absolute Gasteiger partial charge is 0.394 e. The van der Waals surface area contributed by atoms with Gasteiger partial charge in [-0.05, 0) is 0 Å². The van der Waals surface area contributed by atoms with Crippen LogP contribution in [0.3, 0.4) is 0 Å². The predicted octanol–water partition coefficient (Wildman–Crippen LogP) is -1.85. The highest BCUT2D eigenvalue weighted by atomic mass is 31.2. The van der Waals surface area contributed by atoms with Crippen LogP contribution in [-0.2, 0) is 18.3 Å². The standard InChI is InChI=1S/C12H18N5O8P/c13-10-7-11(15-4-14-10)17(5-16-7)12-9(20)8(19)6(25-12)3-24-26(21,22)23-2-1-18/h4-6,8-9,12,18-20H,1-3H2,(H,21,22)(H2,13,14,15)/t6-,8-,9-,12-/m1/s1. The summed E-state index contributed by atoms with van der Waals surface area (Å²) in [5.41, 5.74) is 6.29. The number of aliphatic hydroxyl groups is 3. The van der Waals surface area contributed by atoms with Gasteiger partial charge in [-0.25, -0.2) is 19.5 Å². The zero-order valence-corrected chi connectivity index (χ0v) is 14.2. The predicted molar refractivity (Wildman–Crippen MR) is 84.5 cm³/mol. The third kappa shape index (κ3) is 3.70. The number of aromatic nitrogens is 4. The minimum Gasteiger partial charge on any atom is -0.394 e. The summed E-state index contributed by atoms with van der Waals surface area (Å²) in [7, 11) is -4.42. The van der Waals surface area contributed by atoms with Crippen molar-refractivity contribution in [1.29, 1.82) is 0 Å². The number of hydrogen-bond donors (Lipinski definition) is 5. The summed E-state index contributed by atoms with van der Waals surface area (Å²) in [4.78, 5) is 21.3. The van der Waals surface area contributed by atoms with Crippen LogP contribution < -0.4 is 5.73 Å². The fraction of sp³-hybridized carbons (Fsp3) is 0.583. The first-order valence-electron chi connectivity index (χ1n) is 7.51. The quantitative estimate of drug-likeness (QED) is 0.331. The van der Waals surface area contributed by atoms with E-state index >= 15 is 0 Å². The lowest BCUT2D eigenvalue weighted by Gasteiger charge is -2.17. The Kier molecular flexibility index (Phi) is 5.50. The number of ether oxygens (including phenoxy) is 1. The minimum atomic E-state index is -4.42. The van der Waals surface area contributed by atoms with E-state index in [0.717, 1.165) is 0 Å². The molecule has 3 heterocycles. The first kappa shape index (κ1) is 19.1. The van der Waals surface area contributed by atoms with E-state index in [1.165, 1.54) is 17.2 Å². The zero-order valence-electron chi connectivity index (χ0n) is 13.3. The van der Waals surface area contributed by atoms with Gasteiger partial charge in [-0.15, -0.1) is 0 Å². The number of imidazole rings is 1. The number of nitrogens with zero attached hydrogens (tertiary/aromatic N) is 4. The van der Waals surface area contributed by atoms with Crippen molar-refractivity contribution in [2.45, 2.75) is 24.5 Å². The van der Waals surface area contributed by atoms with Gasteiger partial charge in [-0.1, -0.05) is 0 Å². The molecule has 1 aliphatic rings. The van der Waals surface area contributed by atoms with E-state index in [0.29, 0.717) is 5.52 Å². The Balaban J connectivity index is 1.73. The molecular formula is C12H18N5O8P. The van der Waals surface area contributed by atoms with Crippen LogP contribution in [0.15, 0.2) is 12.7 Å². The maximum absolute atomic E-state index is 11.6. The van der Waals surface area contributed by atoms with Crippen molar-refractivity contribution in [1.82, 2.24) is 19.5 Å². The normalized spacial score (nSPS) is 28.5. The number of nitrogen functional groups attached to an aromatic ring is 1. The monoisotopic (exact) mass is 391 g/mol. The van der Waals surface area contributed by atoms with Crippen LogP contribution in [-0.4, -0.2) is 77.9 Å². The Morgan fingerprint density at radius 3 is 2.77 bits per heavy atom. The van der Waals surface area contributed by atoms with Gasteiger partial charge < -0.3 is 30.7 Å². The van der Waals surface area contributed by atoms with E-state index in [-0.39, 0.29) is 11.5 Å². The molecule has 0 radical (unpaired) electrons. The number of aliphatic hydroxyl groups excluding tert-OH is 3. The third-order valence-electron chi connectivity index (χ3n) is 3.75. The summed E-state index contributed by atoms with van der Waals surface area (Å²) < 4.78 is 27.7. The minimum absolute atomic E-state index is 0.143. The van der Waals surface area contributed by atoms with Crippen molar-refractivity contribution in [3.05, 3.63) is 12.7 Å². The van der Waals surface area contributed by atoms with E-state index in [4.69, 9.17) is 20.1 Å². The molecule has 1 unspecified atom stereocenters. The van der Waals surface area contributed by atoms with E-state index in [9.17, 15) is 19.7 Å². The third-order valence-corrected chi connectivity index (χ3v) is 4.73. The molecule has 0 aromatic carbocycles. The molecule has 3 rings (SSSR count). The number of fused-ring (bicyclic) bond motifs is 1. The average Bonchev–Trinajstić information content (AvgIpc) is 3.15. The molecule has 2 aromatic heterocycles. The summed E-state index contributed by atoms with van der Waals surface area (Å²) in [6, 6.07) is 0. The van der Waals surface area contributed by atoms with Crippen molar-refractivity contribution in [2.75, 3.05) is 25.6 Å². The second-order valence-electron chi connectivity index (χ2n) is 5.45. The van der Waals surface area contributed by atoms with E-state index < -0.39 is 52.2 Å². The molecule has 0 aliphatic carbocycles. The molecule has 0 amide bonds. The van der Waals surface area contributed by atoms with Crippen LogP contribution in [0.5, 0.6) is 0 Å². The Morgan fingerprint density at radius 1 is 1.27 bits per heavy atom. The molecule has 14 heteroatoms. The second-order valence-corrected chi connectivity index (χ2v) is 6.90. The van der Waals surface area contributed by atoms with Gasteiger partial charge in [-0.2, -0.15) is 0 Å². The van der Waals surface area contributed by atoms with Crippen molar-refractivity contribution in [3.8, 4) is 0 Å². The second kappa shape index (κ2) is 7.50. The van der Waals surface area contributed by atoms with Crippen LogP contribution in [0.25, 0.3) is 11.2 Å². The number of hydrogen-bond acceptors (Lipinski definition) is 11. The molecule has 13 nitrogen and oxygen atoms in total. The van der Waals surface area contributed by atoms with Crippen LogP contribution in [0.2, 0.25) is 0 Å². The van der Waals surface area contributed by atoms with Crippen LogP contribution in [0.4, 0.5) is 5.82 Å². The molecular weight excluding hydrogens is 373 g/mol. The summed E-state index contributed by atoms with van der Waals surface area (Å²) in [6.45, 7) is -1.39.